The number of aliphatic hydroxyl groups is 1. The van der Waals surface area contributed by atoms with E-state index in [-0.39, 0.29) is 18.6 Å². The van der Waals surface area contributed by atoms with Gasteiger partial charge < -0.3 is 15.2 Å². The Bertz CT molecular complexity index is 208. The topological polar surface area (TPSA) is 58.6 Å². The summed E-state index contributed by atoms with van der Waals surface area (Å²) in [7, 11) is 1.57. The smallest absolute Gasteiger partial charge is 0.246 e. The molecule has 0 rings (SSSR count). The Kier molecular flexibility index (Phi) is 7.95. The fraction of sp³-hybridized carbons (Fsp3) is 0.727. The summed E-state index contributed by atoms with van der Waals surface area (Å²) in [5.41, 5.74) is 0.705. The Hall–Kier alpha value is -0.870. The van der Waals surface area contributed by atoms with Gasteiger partial charge in [0.05, 0.1) is 12.6 Å². The lowest BCUT2D eigenvalue weighted by Gasteiger charge is -2.16. The molecule has 0 aliphatic carbocycles. The number of hydrogen-bond donors (Lipinski definition) is 2. The minimum Gasteiger partial charge on any atom is -0.396 e. The van der Waals surface area contributed by atoms with Crippen molar-refractivity contribution < 1.29 is 14.6 Å². The maximum Gasteiger partial charge on any atom is 0.246 e. The van der Waals surface area contributed by atoms with Gasteiger partial charge in [-0.05, 0) is 19.8 Å². The molecule has 0 bridgehead atoms. The van der Waals surface area contributed by atoms with E-state index in [1.807, 2.05) is 13.0 Å². The second-order valence-corrected chi connectivity index (χ2v) is 3.43. The standard InChI is InChI=1S/C11H21NO3/c1-4-5-9(2)11(14)12-10(6-7-13)8-15-3/h5,10,13H,4,6-8H2,1-3H3,(H,12,14)/b9-5-. The summed E-state index contributed by atoms with van der Waals surface area (Å²) >= 11 is 0. The van der Waals surface area contributed by atoms with Gasteiger partial charge >= 0.3 is 0 Å². The second-order valence-electron chi connectivity index (χ2n) is 3.43. The van der Waals surface area contributed by atoms with Crippen LogP contribution >= 0.6 is 0 Å². The zero-order valence-electron chi connectivity index (χ0n) is 9.75. The van der Waals surface area contributed by atoms with E-state index in [9.17, 15) is 4.79 Å². The van der Waals surface area contributed by atoms with E-state index in [1.54, 1.807) is 14.0 Å². The molecule has 0 spiro atoms. The molecule has 0 aromatic heterocycles. The minimum atomic E-state index is -0.118. The number of carbonyl (C=O) groups is 1. The van der Waals surface area contributed by atoms with E-state index >= 15 is 0 Å². The average molecular weight is 215 g/mol. The van der Waals surface area contributed by atoms with Gasteiger partial charge in [0.1, 0.15) is 0 Å². The Labute approximate surface area is 91.3 Å². The van der Waals surface area contributed by atoms with Gasteiger partial charge in [0.25, 0.3) is 0 Å². The molecule has 1 atom stereocenters. The number of carbonyl (C=O) groups excluding carboxylic acids is 1. The molecule has 1 amide bonds. The van der Waals surface area contributed by atoms with E-state index < -0.39 is 0 Å². The first-order valence-corrected chi connectivity index (χ1v) is 5.23. The van der Waals surface area contributed by atoms with Crippen LogP contribution in [0.25, 0.3) is 0 Å². The lowest BCUT2D eigenvalue weighted by atomic mass is 10.2. The zero-order chi connectivity index (χ0) is 11.7. The van der Waals surface area contributed by atoms with Gasteiger partial charge in [0, 0.05) is 19.3 Å². The molecule has 88 valence electrons. The van der Waals surface area contributed by atoms with Crippen molar-refractivity contribution in [2.75, 3.05) is 20.3 Å². The summed E-state index contributed by atoms with van der Waals surface area (Å²) in [6.07, 6.45) is 3.23. The van der Waals surface area contributed by atoms with Crippen LogP contribution in [0.15, 0.2) is 11.6 Å². The van der Waals surface area contributed by atoms with Gasteiger partial charge in [-0.2, -0.15) is 0 Å². The molecule has 0 aromatic carbocycles. The van der Waals surface area contributed by atoms with Crippen molar-refractivity contribution in [3.63, 3.8) is 0 Å². The highest BCUT2D eigenvalue weighted by molar-refractivity contribution is 5.92. The quantitative estimate of drug-likeness (QED) is 0.619. The van der Waals surface area contributed by atoms with Crippen molar-refractivity contribution in [2.45, 2.75) is 32.7 Å². The molecule has 0 aliphatic rings. The van der Waals surface area contributed by atoms with Crippen LogP contribution in [0.3, 0.4) is 0 Å². The lowest BCUT2D eigenvalue weighted by molar-refractivity contribution is -0.118. The molecule has 0 radical (unpaired) electrons. The Morgan fingerprint density at radius 2 is 2.27 bits per heavy atom. The Morgan fingerprint density at radius 1 is 1.60 bits per heavy atom. The van der Waals surface area contributed by atoms with E-state index in [0.717, 1.165) is 6.42 Å². The molecule has 2 N–H and O–H groups in total. The minimum absolute atomic E-state index is 0.0465. The van der Waals surface area contributed by atoms with Crippen LogP contribution in [0, 0.1) is 0 Å². The number of ether oxygens (including phenoxy) is 1. The maximum atomic E-state index is 11.6. The normalized spacial score (nSPS) is 13.7. The molecule has 0 saturated heterocycles. The van der Waals surface area contributed by atoms with E-state index in [4.69, 9.17) is 9.84 Å². The van der Waals surface area contributed by atoms with Crippen molar-refractivity contribution in [2.24, 2.45) is 0 Å². The van der Waals surface area contributed by atoms with Crippen molar-refractivity contribution in [1.82, 2.24) is 5.32 Å². The number of hydrogen-bond acceptors (Lipinski definition) is 3. The van der Waals surface area contributed by atoms with Gasteiger partial charge in [-0.25, -0.2) is 0 Å². The first-order valence-electron chi connectivity index (χ1n) is 5.23. The van der Waals surface area contributed by atoms with Gasteiger partial charge in [-0.3, -0.25) is 4.79 Å². The summed E-state index contributed by atoms with van der Waals surface area (Å²) in [4.78, 5) is 11.6. The summed E-state index contributed by atoms with van der Waals surface area (Å²) < 4.78 is 4.95. The second kappa shape index (κ2) is 8.44. The predicted molar refractivity (Wildman–Crippen MR) is 59.6 cm³/mol. The van der Waals surface area contributed by atoms with Crippen LogP contribution in [0.4, 0.5) is 0 Å². The van der Waals surface area contributed by atoms with Crippen LogP contribution in [-0.4, -0.2) is 37.4 Å². The van der Waals surface area contributed by atoms with Crippen molar-refractivity contribution in [3.05, 3.63) is 11.6 Å². The third-order valence-electron chi connectivity index (χ3n) is 2.05. The Morgan fingerprint density at radius 3 is 2.73 bits per heavy atom. The molecule has 4 nitrogen and oxygen atoms in total. The van der Waals surface area contributed by atoms with Crippen LogP contribution in [0.2, 0.25) is 0 Å². The van der Waals surface area contributed by atoms with Crippen LogP contribution < -0.4 is 5.32 Å². The number of methoxy groups -OCH3 is 1. The summed E-state index contributed by atoms with van der Waals surface area (Å²) in [6.45, 7) is 4.23. The average Bonchev–Trinajstić information content (AvgIpc) is 2.18. The number of aliphatic hydroxyl groups excluding tert-OH is 1. The molecule has 0 heterocycles. The molecule has 1 unspecified atom stereocenters. The van der Waals surface area contributed by atoms with Crippen molar-refractivity contribution in [3.8, 4) is 0 Å². The zero-order valence-corrected chi connectivity index (χ0v) is 9.75. The highest BCUT2D eigenvalue weighted by Crippen LogP contribution is 1.98. The van der Waals surface area contributed by atoms with E-state index in [1.165, 1.54) is 0 Å². The van der Waals surface area contributed by atoms with Crippen LogP contribution in [0.5, 0.6) is 0 Å². The van der Waals surface area contributed by atoms with Crippen LogP contribution in [0.1, 0.15) is 26.7 Å². The predicted octanol–water partition coefficient (Wildman–Crippen LogP) is 0.856. The van der Waals surface area contributed by atoms with Gasteiger partial charge in [0.2, 0.25) is 5.91 Å². The molecule has 0 fully saturated rings. The van der Waals surface area contributed by atoms with E-state index in [0.29, 0.717) is 18.6 Å². The Balaban J connectivity index is 4.15. The van der Waals surface area contributed by atoms with Gasteiger partial charge in [-0.1, -0.05) is 13.0 Å². The highest BCUT2D eigenvalue weighted by Gasteiger charge is 2.12. The first kappa shape index (κ1) is 14.1. The van der Waals surface area contributed by atoms with Crippen molar-refractivity contribution >= 4 is 5.91 Å². The SMILES string of the molecule is CC/C=C(/C)C(=O)NC(CCO)COC. The molecular formula is C11H21NO3. The largest absolute Gasteiger partial charge is 0.396 e. The molecule has 0 saturated carbocycles. The number of allylic oxidation sites excluding steroid dienone is 1. The summed E-state index contributed by atoms with van der Waals surface area (Å²) in [5.74, 6) is -0.0904. The summed E-state index contributed by atoms with van der Waals surface area (Å²) in [6, 6.07) is -0.118. The fourth-order valence-electron chi connectivity index (χ4n) is 1.25. The van der Waals surface area contributed by atoms with Crippen LogP contribution in [-0.2, 0) is 9.53 Å². The van der Waals surface area contributed by atoms with Gasteiger partial charge in [-0.15, -0.1) is 0 Å². The van der Waals surface area contributed by atoms with E-state index in [2.05, 4.69) is 5.32 Å². The third kappa shape index (κ3) is 6.25. The number of amides is 1. The maximum absolute atomic E-state index is 11.6. The third-order valence-corrected chi connectivity index (χ3v) is 2.05. The highest BCUT2D eigenvalue weighted by atomic mass is 16.5. The van der Waals surface area contributed by atoms with Gasteiger partial charge in [0.15, 0.2) is 0 Å². The number of rotatable bonds is 7. The monoisotopic (exact) mass is 215 g/mol. The van der Waals surface area contributed by atoms with Crippen molar-refractivity contribution in [1.29, 1.82) is 0 Å². The number of nitrogens with one attached hydrogen (secondary N) is 1. The molecule has 4 heteroatoms. The molecule has 0 aliphatic heterocycles. The molecule has 15 heavy (non-hydrogen) atoms. The molecule has 0 aromatic rings. The summed E-state index contributed by atoms with van der Waals surface area (Å²) in [5, 5.41) is 11.6. The first-order chi connectivity index (χ1) is 7.15. The fourth-order valence-corrected chi connectivity index (χ4v) is 1.25. The molecular weight excluding hydrogens is 194 g/mol. The lowest BCUT2D eigenvalue weighted by Crippen LogP contribution is -2.39.